The van der Waals surface area contributed by atoms with Crippen molar-refractivity contribution < 1.29 is 18.7 Å². The van der Waals surface area contributed by atoms with Crippen molar-refractivity contribution in [2.75, 3.05) is 13.1 Å². The molecule has 0 N–H and O–H groups in total. The van der Waals surface area contributed by atoms with Crippen molar-refractivity contribution in [3.8, 4) is 0 Å². The molecule has 0 aromatic heterocycles. The first-order chi connectivity index (χ1) is 10.6. The number of carbonyl (C=O) groups is 1. The highest BCUT2D eigenvalue weighted by Gasteiger charge is 2.27. The molecule has 0 unspecified atom stereocenters. The molecule has 0 aliphatic heterocycles. The molecule has 112 valence electrons. The van der Waals surface area contributed by atoms with Gasteiger partial charge in [-0.15, -0.1) is 0 Å². The number of ether oxygens (including phenoxy) is 1. The summed E-state index contributed by atoms with van der Waals surface area (Å²) in [6.45, 7) is -0.521. The monoisotopic (exact) mass is 304 g/mol. The molecule has 11 heteroatoms. The number of rotatable bonds is 7. The Hall–Kier alpha value is -3.38. The molecule has 0 bridgehead atoms. The molecule has 0 heterocycles. The Labute approximate surface area is 123 Å². The Bertz CT molecular complexity index is 665. The van der Waals surface area contributed by atoms with E-state index in [1.54, 1.807) is 0 Å². The van der Waals surface area contributed by atoms with Gasteiger partial charge in [-0.05, 0) is 35.3 Å². The molecule has 1 aromatic carbocycles. The van der Waals surface area contributed by atoms with Crippen molar-refractivity contribution in [1.82, 2.24) is 0 Å². The van der Waals surface area contributed by atoms with Crippen LogP contribution in [-0.2, 0) is 9.53 Å². The fraction of sp³-hybridized carbons (Fsp3) is 0.273. The highest BCUT2D eigenvalue weighted by Crippen LogP contribution is 2.06. The summed E-state index contributed by atoms with van der Waals surface area (Å²) in [5, 5.41) is 6.43. The van der Waals surface area contributed by atoms with Gasteiger partial charge in [-0.2, -0.15) is 4.79 Å². The first-order valence-electron chi connectivity index (χ1n) is 5.83. The van der Waals surface area contributed by atoms with Crippen molar-refractivity contribution in [2.45, 2.75) is 6.10 Å². The zero-order valence-electron chi connectivity index (χ0n) is 11.1. The quantitative estimate of drug-likeness (QED) is 0.249. The number of esters is 1. The van der Waals surface area contributed by atoms with Crippen LogP contribution in [0.4, 0.5) is 4.39 Å². The second-order valence-corrected chi connectivity index (χ2v) is 3.81. The van der Waals surface area contributed by atoms with Crippen molar-refractivity contribution in [1.29, 1.82) is 0 Å². The fourth-order valence-electron chi connectivity index (χ4n) is 1.42. The van der Waals surface area contributed by atoms with Gasteiger partial charge >= 0.3 is 11.7 Å². The van der Waals surface area contributed by atoms with Crippen LogP contribution < -0.4 is 0 Å². The van der Waals surface area contributed by atoms with Gasteiger partial charge in [0.05, 0.1) is 18.7 Å². The number of carbonyl (C=O) groups excluding carboxylic acids is 1. The van der Waals surface area contributed by atoms with Crippen LogP contribution >= 0.6 is 0 Å². The predicted molar refractivity (Wildman–Crippen MR) is 72.0 cm³/mol. The topological polar surface area (TPSA) is 160 Å². The average Bonchev–Trinajstić information content (AvgIpc) is 2.52. The molecule has 0 saturated heterocycles. The first-order valence-corrected chi connectivity index (χ1v) is 5.83. The van der Waals surface area contributed by atoms with Gasteiger partial charge in [-0.1, -0.05) is 10.2 Å². The Balaban J connectivity index is 2.90. The van der Waals surface area contributed by atoms with Crippen molar-refractivity contribution in [3.05, 3.63) is 62.1 Å². The summed E-state index contributed by atoms with van der Waals surface area (Å²) in [6.07, 6.45) is -1.02. The van der Waals surface area contributed by atoms with E-state index in [0.717, 1.165) is 12.1 Å². The Kier molecular flexibility index (Phi) is 6.61. The van der Waals surface area contributed by atoms with E-state index in [1.807, 2.05) is 0 Å². The van der Waals surface area contributed by atoms with E-state index in [9.17, 15) is 9.18 Å². The Morgan fingerprint density at radius 2 is 1.68 bits per heavy atom. The van der Waals surface area contributed by atoms with E-state index < -0.39 is 23.6 Å². The molecule has 0 spiro atoms. The molecular formula is C11H9FN8O2. The molecule has 0 atom stereocenters. The highest BCUT2D eigenvalue weighted by molar-refractivity contribution is 6.40. The van der Waals surface area contributed by atoms with Crippen LogP contribution in [0.2, 0.25) is 0 Å². The minimum absolute atomic E-state index is 0.125. The SMILES string of the molecule is [N-]=[N+]=NCC(CN=[N+]=[N-])OC(=O)C(=[N+]=[N-])c1ccc(F)cc1. The van der Waals surface area contributed by atoms with E-state index in [2.05, 4.69) is 24.8 Å². The maximum absolute atomic E-state index is 12.8. The highest BCUT2D eigenvalue weighted by atomic mass is 19.1. The standard InChI is InChI=1S/C11H9FN8O2/c12-8-3-1-7(2-4-8)10(18-13)11(21)22-9(5-16-19-14)6-17-20-15/h1-4,9H,5-6H2. The summed E-state index contributed by atoms with van der Waals surface area (Å²) in [7, 11) is 0. The second-order valence-electron chi connectivity index (χ2n) is 3.81. The van der Waals surface area contributed by atoms with Gasteiger partial charge in [0.2, 0.25) is 0 Å². The van der Waals surface area contributed by atoms with Gasteiger partial charge in [-0.3, -0.25) is 0 Å². The molecule has 1 aromatic rings. The Morgan fingerprint density at radius 3 is 2.14 bits per heavy atom. The molecule has 0 aliphatic carbocycles. The fourth-order valence-corrected chi connectivity index (χ4v) is 1.42. The van der Waals surface area contributed by atoms with Gasteiger partial charge in [0.25, 0.3) is 0 Å². The maximum Gasteiger partial charge on any atom is 0.422 e. The zero-order chi connectivity index (χ0) is 16.4. The Morgan fingerprint density at radius 1 is 1.14 bits per heavy atom. The molecule has 1 rings (SSSR count). The van der Waals surface area contributed by atoms with Crippen LogP contribution in [0, 0.1) is 5.82 Å². The number of nitrogens with zero attached hydrogens (tertiary/aromatic N) is 8. The lowest BCUT2D eigenvalue weighted by Gasteiger charge is -2.11. The van der Waals surface area contributed by atoms with Gasteiger partial charge < -0.3 is 10.3 Å². The van der Waals surface area contributed by atoms with Crippen molar-refractivity contribution >= 4 is 11.7 Å². The van der Waals surface area contributed by atoms with Crippen LogP contribution in [-0.4, -0.2) is 35.7 Å². The van der Waals surface area contributed by atoms with Gasteiger partial charge in [-0.25, -0.2) is 9.18 Å². The lowest BCUT2D eigenvalue weighted by Crippen LogP contribution is -2.29. The van der Waals surface area contributed by atoms with Crippen molar-refractivity contribution in [3.63, 3.8) is 0 Å². The summed E-state index contributed by atoms with van der Waals surface area (Å²) in [6, 6.07) is 4.60. The number of hydrogen-bond acceptors (Lipinski definition) is 4. The van der Waals surface area contributed by atoms with Crippen LogP contribution in [0.5, 0.6) is 0 Å². The molecule has 0 fully saturated rings. The lowest BCUT2D eigenvalue weighted by atomic mass is 10.1. The van der Waals surface area contributed by atoms with E-state index >= 15 is 0 Å². The zero-order valence-corrected chi connectivity index (χ0v) is 11.1. The minimum atomic E-state index is -1.04. The molecule has 0 saturated carbocycles. The smallest absolute Gasteiger partial charge is 0.422 e. The molecule has 0 radical (unpaired) electrons. The number of azide groups is 2. The largest absolute Gasteiger partial charge is 0.453 e. The third-order valence-electron chi connectivity index (χ3n) is 2.38. The van der Waals surface area contributed by atoms with Gasteiger partial charge in [0, 0.05) is 9.82 Å². The molecular weight excluding hydrogens is 295 g/mol. The normalized spacial score (nSPS) is 10.4. The molecule has 0 amide bonds. The van der Waals surface area contributed by atoms with Crippen LogP contribution in [0.25, 0.3) is 26.4 Å². The maximum atomic E-state index is 12.8. The summed E-state index contributed by atoms with van der Waals surface area (Å²) in [5.41, 5.74) is 25.1. The van der Waals surface area contributed by atoms with E-state index in [-0.39, 0.29) is 18.7 Å². The third-order valence-corrected chi connectivity index (χ3v) is 2.38. The molecule has 0 aliphatic rings. The van der Waals surface area contributed by atoms with Crippen LogP contribution in [0.15, 0.2) is 34.5 Å². The van der Waals surface area contributed by atoms with Gasteiger partial charge in [0.15, 0.2) is 0 Å². The van der Waals surface area contributed by atoms with E-state index in [0.29, 0.717) is 0 Å². The number of benzene rings is 1. The second kappa shape index (κ2) is 8.72. The minimum Gasteiger partial charge on any atom is -0.453 e. The van der Waals surface area contributed by atoms with E-state index in [1.165, 1.54) is 12.1 Å². The lowest BCUT2D eigenvalue weighted by molar-refractivity contribution is -0.144. The molecule has 22 heavy (non-hydrogen) atoms. The van der Waals surface area contributed by atoms with Crippen LogP contribution in [0.3, 0.4) is 0 Å². The predicted octanol–water partition coefficient (Wildman–Crippen LogP) is 2.38. The third kappa shape index (κ3) is 4.95. The van der Waals surface area contributed by atoms with Gasteiger partial charge in [0.1, 0.15) is 11.9 Å². The first kappa shape index (κ1) is 16.7. The number of hydrogen-bond donors (Lipinski definition) is 0. The number of halogens is 1. The summed E-state index contributed by atoms with van der Waals surface area (Å²) in [4.78, 5) is 19.7. The van der Waals surface area contributed by atoms with Crippen molar-refractivity contribution in [2.24, 2.45) is 10.2 Å². The van der Waals surface area contributed by atoms with Crippen LogP contribution in [0.1, 0.15) is 5.56 Å². The average molecular weight is 304 g/mol. The molecule has 10 nitrogen and oxygen atoms in total. The van der Waals surface area contributed by atoms with E-state index in [4.69, 9.17) is 21.3 Å². The summed E-state index contributed by atoms with van der Waals surface area (Å²) >= 11 is 0. The summed E-state index contributed by atoms with van der Waals surface area (Å²) < 4.78 is 17.8. The summed E-state index contributed by atoms with van der Waals surface area (Å²) in [5.74, 6) is -1.57.